The van der Waals surface area contributed by atoms with Gasteiger partial charge in [-0.1, -0.05) is 29.8 Å². The average molecular weight is 366 g/mol. The van der Waals surface area contributed by atoms with Crippen LogP contribution in [-0.2, 0) is 23.8 Å². The number of hydrogen-bond acceptors (Lipinski definition) is 6. The molecule has 2 N–H and O–H groups in total. The fourth-order valence-corrected chi connectivity index (χ4v) is 2.93. The molecule has 0 fully saturated rings. The van der Waals surface area contributed by atoms with Crippen molar-refractivity contribution in [3.05, 3.63) is 57.6 Å². The number of carbonyl (C=O) groups excluding carboxylic acids is 2. The molecule has 0 radical (unpaired) electrons. The first-order chi connectivity index (χ1) is 11.9. The molecule has 1 aromatic carbocycles. The highest BCUT2D eigenvalue weighted by molar-refractivity contribution is 6.31. The molecule has 1 aromatic rings. The van der Waals surface area contributed by atoms with E-state index in [1.54, 1.807) is 45.0 Å². The molecule has 134 valence electrons. The Morgan fingerprint density at radius 1 is 1.12 bits per heavy atom. The van der Waals surface area contributed by atoms with E-state index in [4.69, 9.17) is 31.5 Å². The van der Waals surface area contributed by atoms with Crippen LogP contribution in [0, 0.1) is 0 Å². The van der Waals surface area contributed by atoms with E-state index >= 15 is 0 Å². The fourth-order valence-electron chi connectivity index (χ4n) is 2.68. The second kappa shape index (κ2) is 8.07. The standard InChI is InChI=1S/C18H20ClNO5/c1-4-23-17(21)13-10(3)25-16(20)15(18(22)24-5-2)14(13)11-8-6-7-9-12(11)19/h6-9,14H,4-5,20H2,1-3H3/t14-/m0/s1. The van der Waals surface area contributed by atoms with Gasteiger partial charge >= 0.3 is 11.9 Å². The van der Waals surface area contributed by atoms with Crippen LogP contribution in [0.3, 0.4) is 0 Å². The Morgan fingerprint density at radius 2 is 1.68 bits per heavy atom. The quantitative estimate of drug-likeness (QED) is 0.807. The van der Waals surface area contributed by atoms with Crippen LogP contribution in [0.25, 0.3) is 0 Å². The van der Waals surface area contributed by atoms with Gasteiger partial charge in [0.2, 0.25) is 5.88 Å². The maximum absolute atomic E-state index is 12.5. The first-order valence-corrected chi connectivity index (χ1v) is 8.27. The number of esters is 2. The van der Waals surface area contributed by atoms with Gasteiger partial charge < -0.3 is 19.9 Å². The minimum Gasteiger partial charge on any atom is -0.463 e. The number of benzene rings is 1. The maximum Gasteiger partial charge on any atom is 0.340 e. The van der Waals surface area contributed by atoms with Crippen LogP contribution >= 0.6 is 11.6 Å². The summed E-state index contributed by atoms with van der Waals surface area (Å²) in [4.78, 5) is 25.0. The Bertz CT molecular complexity index is 714. The smallest absolute Gasteiger partial charge is 0.340 e. The number of hydrogen-bond donors (Lipinski definition) is 1. The lowest BCUT2D eigenvalue weighted by Crippen LogP contribution is -2.30. The number of halogens is 1. The molecule has 7 heteroatoms. The van der Waals surface area contributed by atoms with Gasteiger partial charge in [0.25, 0.3) is 0 Å². The summed E-state index contributed by atoms with van der Waals surface area (Å²) in [6.45, 7) is 5.29. The van der Waals surface area contributed by atoms with Crippen molar-refractivity contribution in [2.75, 3.05) is 13.2 Å². The second-order valence-corrected chi connectivity index (χ2v) is 5.65. The van der Waals surface area contributed by atoms with Crippen LogP contribution in [0.2, 0.25) is 5.02 Å². The molecule has 0 amide bonds. The van der Waals surface area contributed by atoms with Gasteiger partial charge in [-0.05, 0) is 32.4 Å². The molecule has 25 heavy (non-hydrogen) atoms. The molecular weight excluding hydrogens is 346 g/mol. The Balaban J connectivity index is 2.66. The average Bonchev–Trinajstić information content (AvgIpc) is 2.54. The Morgan fingerprint density at radius 3 is 2.24 bits per heavy atom. The van der Waals surface area contributed by atoms with Gasteiger partial charge in [0.15, 0.2) is 0 Å². The van der Waals surface area contributed by atoms with Gasteiger partial charge in [0.05, 0.1) is 24.7 Å². The highest BCUT2D eigenvalue weighted by Crippen LogP contribution is 2.42. The van der Waals surface area contributed by atoms with Gasteiger partial charge in [-0.25, -0.2) is 9.59 Å². The van der Waals surface area contributed by atoms with Crippen molar-refractivity contribution in [3.8, 4) is 0 Å². The highest BCUT2D eigenvalue weighted by Gasteiger charge is 2.40. The molecule has 0 saturated carbocycles. The molecule has 0 aromatic heterocycles. The van der Waals surface area contributed by atoms with Crippen molar-refractivity contribution in [3.63, 3.8) is 0 Å². The second-order valence-electron chi connectivity index (χ2n) is 5.25. The summed E-state index contributed by atoms with van der Waals surface area (Å²) in [6.07, 6.45) is 0. The molecular formula is C18H20ClNO5. The van der Waals surface area contributed by atoms with Gasteiger partial charge in [-0.2, -0.15) is 0 Å². The predicted octanol–water partition coefficient (Wildman–Crippen LogP) is 3.02. The molecule has 1 atom stereocenters. The first-order valence-electron chi connectivity index (χ1n) is 7.89. The molecule has 2 rings (SSSR count). The van der Waals surface area contributed by atoms with Crippen molar-refractivity contribution < 1.29 is 23.8 Å². The number of ether oxygens (including phenoxy) is 3. The van der Waals surface area contributed by atoms with Gasteiger partial charge in [0.1, 0.15) is 11.3 Å². The lowest BCUT2D eigenvalue weighted by molar-refractivity contribution is -0.140. The third-order valence-corrected chi connectivity index (χ3v) is 4.04. The predicted molar refractivity (Wildman–Crippen MR) is 92.5 cm³/mol. The van der Waals surface area contributed by atoms with Crippen molar-refractivity contribution >= 4 is 23.5 Å². The molecule has 1 aliphatic rings. The van der Waals surface area contributed by atoms with Gasteiger partial charge in [-0.15, -0.1) is 0 Å². The van der Waals surface area contributed by atoms with Gasteiger partial charge in [0, 0.05) is 5.02 Å². The van der Waals surface area contributed by atoms with E-state index in [1.165, 1.54) is 0 Å². The Labute approximate surface area is 151 Å². The zero-order chi connectivity index (χ0) is 18.6. The van der Waals surface area contributed by atoms with Crippen LogP contribution in [-0.4, -0.2) is 25.2 Å². The zero-order valence-electron chi connectivity index (χ0n) is 14.3. The molecule has 0 unspecified atom stereocenters. The zero-order valence-corrected chi connectivity index (χ0v) is 15.1. The van der Waals surface area contributed by atoms with E-state index < -0.39 is 17.9 Å². The van der Waals surface area contributed by atoms with Crippen LogP contribution in [0.5, 0.6) is 0 Å². The van der Waals surface area contributed by atoms with Crippen molar-refractivity contribution in [2.24, 2.45) is 5.73 Å². The molecule has 1 heterocycles. The lowest BCUT2D eigenvalue weighted by Gasteiger charge is -2.29. The summed E-state index contributed by atoms with van der Waals surface area (Å²) in [5.74, 6) is -1.96. The number of carbonyl (C=O) groups is 2. The molecule has 0 bridgehead atoms. The van der Waals surface area contributed by atoms with Crippen molar-refractivity contribution in [2.45, 2.75) is 26.7 Å². The summed E-state index contributed by atoms with van der Waals surface area (Å²) >= 11 is 6.32. The van der Waals surface area contributed by atoms with E-state index in [1.807, 2.05) is 0 Å². The van der Waals surface area contributed by atoms with E-state index in [2.05, 4.69) is 0 Å². The summed E-state index contributed by atoms with van der Waals surface area (Å²) in [7, 11) is 0. The number of rotatable bonds is 5. The minimum atomic E-state index is -0.833. The first kappa shape index (κ1) is 18.9. The van der Waals surface area contributed by atoms with Crippen LogP contribution in [0.15, 0.2) is 47.1 Å². The lowest BCUT2D eigenvalue weighted by atomic mass is 9.82. The van der Waals surface area contributed by atoms with Crippen molar-refractivity contribution in [1.29, 1.82) is 0 Å². The molecule has 0 aliphatic carbocycles. The third kappa shape index (κ3) is 3.79. The van der Waals surface area contributed by atoms with E-state index in [9.17, 15) is 9.59 Å². The summed E-state index contributed by atoms with van der Waals surface area (Å²) < 4.78 is 15.7. The molecule has 1 aliphatic heterocycles. The third-order valence-electron chi connectivity index (χ3n) is 3.69. The van der Waals surface area contributed by atoms with Crippen LogP contribution in [0.4, 0.5) is 0 Å². The molecule has 6 nitrogen and oxygen atoms in total. The Hall–Kier alpha value is -2.47. The highest BCUT2D eigenvalue weighted by atomic mass is 35.5. The number of nitrogens with two attached hydrogens (primary N) is 1. The maximum atomic E-state index is 12.5. The van der Waals surface area contributed by atoms with Gasteiger partial charge in [-0.3, -0.25) is 0 Å². The number of allylic oxidation sites excluding steroid dienone is 1. The van der Waals surface area contributed by atoms with E-state index in [0.717, 1.165) is 0 Å². The Kier molecular flexibility index (Phi) is 6.09. The minimum absolute atomic E-state index is 0.0311. The monoisotopic (exact) mass is 365 g/mol. The summed E-state index contributed by atoms with van der Waals surface area (Å²) in [5.41, 5.74) is 6.69. The summed E-state index contributed by atoms with van der Waals surface area (Å²) in [6, 6.07) is 6.90. The van der Waals surface area contributed by atoms with Crippen molar-refractivity contribution in [1.82, 2.24) is 0 Å². The van der Waals surface area contributed by atoms with Crippen LogP contribution in [0.1, 0.15) is 32.3 Å². The summed E-state index contributed by atoms with van der Waals surface area (Å²) in [5, 5.41) is 0.388. The van der Waals surface area contributed by atoms with Crippen LogP contribution < -0.4 is 5.73 Å². The molecule has 0 spiro atoms. The fraction of sp³-hybridized carbons (Fsp3) is 0.333. The topological polar surface area (TPSA) is 87.9 Å². The SMILES string of the molecule is CCOC(=O)C1=C(C)OC(N)=C(C(=O)OCC)[C@H]1c1ccccc1Cl. The normalized spacial score (nSPS) is 17.2. The largest absolute Gasteiger partial charge is 0.463 e. The molecule has 0 saturated heterocycles. The van der Waals surface area contributed by atoms with E-state index in [-0.39, 0.29) is 36.0 Å². The van der Waals surface area contributed by atoms with E-state index in [0.29, 0.717) is 10.6 Å².